The average molecular weight is 741 g/mol. The summed E-state index contributed by atoms with van der Waals surface area (Å²) < 4.78 is 0. The van der Waals surface area contributed by atoms with Crippen LogP contribution < -0.4 is 37.0 Å². The number of benzene rings is 6. The molecule has 0 radical (unpaired) electrons. The summed E-state index contributed by atoms with van der Waals surface area (Å²) in [5.41, 5.74) is 11.9. The van der Waals surface area contributed by atoms with Gasteiger partial charge in [0.15, 0.2) is 0 Å². The lowest BCUT2D eigenvalue weighted by atomic mass is 9.93. The third-order valence-electron chi connectivity index (χ3n) is 9.11. The van der Waals surface area contributed by atoms with E-state index < -0.39 is 0 Å². The Labute approximate surface area is 316 Å². The van der Waals surface area contributed by atoms with E-state index in [-0.39, 0.29) is 0 Å². The Morgan fingerprint density at radius 3 is 2.10 bits per heavy atom. The zero-order valence-electron chi connectivity index (χ0n) is 27.6. The molecule has 8 rings (SSSR count). The Morgan fingerprint density at radius 2 is 1.35 bits per heavy atom. The largest absolute Gasteiger partial charge is 0.398 e. The molecule has 2 heterocycles. The first-order valence-corrected chi connectivity index (χ1v) is 17.7. The van der Waals surface area contributed by atoms with Gasteiger partial charge in [-0.3, -0.25) is 0 Å². The van der Waals surface area contributed by atoms with E-state index in [9.17, 15) is 0 Å². The smallest absolute Gasteiger partial charge is 0.232 e. The van der Waals surface area contributed by atoms with Gasteiger partial charge in [-0.25, -0.2) is 0 Å². The number of nitrogens with two attached hydrogens (primary N) is 1. The summed E-state index contributed by atoms with van der Waals surface area (Å²) in [6, 6.07) is 24.0. The molecule has 5 N–H and O–H groups in total. The second kappa shape index (κ2) is 12.6. The van der Waals surface area contributed by atoms with Gasteiger partial charge < -0.3 is 26.6 Å². The summed E-state index contributed by atoms with van der Waals surface area (Å²) in [4.78, 5) is 18.8. The second-order valence-corrected chi connectivity index (χ2v) is 14.4. The Kier molecular flexibility index (Phi) is 8.22. The van der Waals surface area contributed by atoms with Crippen molar-refractivity contribution in [2.45, 2.75) is 26.5 Å². The van der Waals surface area contributed by atoms with Crippen LogP contribution in [0.25, 0.3) is 45.0 Å². The summed E-state index contributed by atoms with van der Waals surface area (Å²) in [6.45, 7) is 10.7. The summed E-state index contributed by atoms with van der Waals surface area (Å²) in [7, 11) is 2.04. The maximum absolute atomic E-state index is 6.19. The van der Waals surface area contributed by atoms with Crippen LogP contribution in [0.4, 0.5) is 46.0 Å². The molecule has 0 atom stereocenters. The van der Waals surface area contributed by atoms with Gasteiger partial charge in [-0.2, -0.15) is 15.0 Å². The van der Waals surface area contributed by atoms with Crippen molar-refractivity contribution in [2.75, 3.05) is 33.6 Å². The van der Waals surface area contributed by atoms with Gasteiger partial charge in [0.05, 0.1) is 11.4 Å². The van der Waals surface area contributed by atoms with Crippen LogP contribution in [-0.2, 0) is 0 Å². The number of fused-ring (bicyclic) bond motifs is 3. The van der Waals surface area contributed by atoms with Gasteiger partial charge >= 0.3 is 0 Å². The van der Waals surface area contributed by atoms with Gasteiger partial charge in [-0.1, -0.05) is 37.4 Å². The predicted molar refractivity (Wildman–Crippen MR) is 226 cm³/mol. The number of aromatic nitrogens is 3. The molecule has 1 aromatic heterocycles. The molecule has 0 fully saturated rings. The van der Waals surface area contributed by atoms with Gasteiger partial charge in [0.2, 0.25) is 11.9 Å². The van der Waals surface area contributed by atoms with Crippen LogP contribution >= 0.6 is 50.5 Å². The van der Waals surface area contributed by atoms with Crippen LogP contribution in [0.1, 0.15) is 5.82 Å². The maximum Gasteiger partial charge on any atom is 0.232 e. The van der Waals surface area contributed by atoms with E-state index >= 15 is 0 Å². The molecule has 0 amide bonds. The lowest BCUT2D eigenvalue weighted by Crippen LogP contribution is -2.26. The minimum Gasteiger partial charge on any atom is -0.398 e. The fraction of sp³-hybridized carbons (Fsp3) is 0.0513. The number of anilines is 8. The van der Waals surface area contributed by atoms with E-state index in [1.807, 2.05) is 56.4 Å². The molecule has 8 nitrogen and oxygen atoms in total. The monoisotopic (exact) mass is 740 g/mol. The van der Waals surface area contributed by atoms with E-state index in [1.165, 1.54) is 0 Å². The van der Waals surface area contributed by atoms with Crippen molar-refractivity contribution in [1.29, 1.82) is 0 Å². The van der Waals surface area contributed by atoms with Crippen LogP contribution in [0.5, 0.6) is 0 Å². The third-order valence-corrected chi connectivity index (χ3v) is 10.5. The Bertz CT molecular complexity index is 2770. The zero-order chi connectivity index (χ0) is 35.7. The highest BCUT2D eigenvalue weighted by Gasteiger charge is 2.20. The molecule has 6 aromatic carbocycles. The lowest BCUT2D eigenvalue weighted by molar-refractivity contribution is 0.988. The summed E-state index contributed by atoms with van der Waals surface area (Å²) >= 11 is 18.7. The fourth-order valence-electron chi connectivity index (χ4n) is 6.64. The van der Waals surface area contributed by atoms with Crippen molar-refractivity contribution < 1.29 is 0 Å². The van der Waals surface area contributed by atoms with Gasteiger partial charge in [0, 0.05) is 71.2 Å². The first-order valence-electron chi connectivity index (χ1n) is 15.9. The van der Waals surface area contributed by atoms with Crippen molar-refractivity contribution >= 4 is 142 Å². The van der Waals surface area contributed by atoms with E-state index in [0.29, 0.717) is 38.9 Å². The van der Waals surface area contributed by atoms with Crippen LogP contribution in [0.3, 0.4) is 0 Å². The molecule has 0 aliphatic carbocycles. The van der Waals surface area contributed by atoms with Crippen LogP contribution in [0.2, 0.25) is 0 Å². The number of nitrogens with zero attached hydrogens (tertiary/aromatic N) is 4. The molecular formula is C39H32N8S4. The highest BCUT2D eigenvalue weighted by atomic mass is 32.1. The minimum absolute atomic E-state index is 0.341. The number of thiol groups is 4. The number of rotatable bonds is 6. The molecule has 1 aliphatic rings. The highest BCUT2D eigenvalue weighted by molar-refractivity contribution is 7.81. The van der Waals surface area contributed by atoms with E-state index in [2.05, 4.69) is 106 Å². The number of nitrogen functional groups attached to an aromatic ring is 1. The molecule has 0 saturated heterocycles. The normalized spacial score (nSPS) is 12.4. The van der Waals surface area contributed by atoms with Crippen molar-refractivity contribution in [1.82, 2.24) is 15.0 Å². The topological polar surface area (TPSA) is 104 Å². The van der Waals surface area contributed by atoms with E-state index in [1.54, 1.807) is 0 Å². The lowest BCUT2D eigenvalue weighted by Gasteiger charge is -2.28. The maximum atomic E-state index is 6.19. The fourth-order valence-corrected chi connectivity index (χ4v) is 7.71. The van der Waals surface area contributed by atoms with Crippen molar-refractivity contribution in [3.05, 3.63) is 101 Å². The molecule has 0 saturated carbocycles. The average Bonchev–Trinajstić information content (AvgIpc) is 3.08. The van der Waals surface area contributed by atoms with Gasteiger partial charge in [0.25, 0.3) is 0 Å². The molecular weight excluding hydrogens is 709 g/mol. The number of hydrogen-bond acceptors (Lipinski definition) is 12. The van der Waals surface area contributed by atoms with Crippen LogP contribution in [0.15, 0.2) is 105 Å². The Hall–Kier alpha value is -5.01. The number of allylic oxidation sites excluding steroid dienone is 1. The van der Waals surface area contributed by atoms with Crippen molar-refractivity contribution in [3.8, 4) is 0 Å². The van der Waals surface area contributed by atoms with E-state index in [4.69, 9.17) is 36.0 Å². The standard InChI is InChI=1S/C39H32N8S4/c1-18-11-26-24-8-6-5-7-23(24)19(2)36-28(9-10-32(37(26)36)47(18)4)43-30-16-31(35(51)17-34(30)50)45-39-42-20(3)41-38(46-39)44-29-14-22(48)12-21-13-33(49)27(40)15-25(21)29/h5-17,43,48-51H,1-2,40H2,3-4H3,(H2,41,42,44,45,46). The molecule has 12 heteroatoms. The molecule has 1 aliphatic heterocycles. The van der Waals surface area contributed by atoms with Crippen molar-refractivity contribution in [2.24, 2.45) is 0 Å². The zero-order valence-corrected chi connectivity index (χ0v) is 31.2. The predicted octanol–water partition coefficient (Wildman–Crippen LogP) is 8.76. The van der Waals surface area contributed by atoms with Crippen molar-refractivity contribution in [3.63, 3.8) is 0 Å². The third kappa shape index (κ3) is 5.87. The number of hydrogen-bond donors (Lipinski definition) is 8. The first kappa shape index (κ1) is 33.2. The first-order chi connectivity index (χ1) is 24.4. The molecule has 0 bridgehead atoms. The van der Waals surface area contributed by atoms with Crippen LogP contribution in [-0.4, -0.2) is 22.0 Å². The SMILES string of the molecule is C=C1C=c2c3ccccc3c(=C)c3c(Nc4cc(Nc5nc(C)nc(Nc6cc(S)cc7cc(S)c(N)cc67)n5)c(S)cc4S)ccc(c23)N1C. The minimum atomic E-state index is 0.341. The second-order valence-electron chi connectivity index (χ2n) is 12.4. The van der Waals surface area contributed by atoms with E-state index in [0.717, 1.165) is 81.0 Å². The summed E-state index contributed by atoms with van der Waals surface area (Å²) in [6.07, 6.45) is 2.15. The Morgan fingerprint density at radius 1 is 0.667 bits per heavy atom. The van der Waals surface area contributed by atoms with Crippen LogP contribution in [0, 0.1) is 6.92 Å². The number of aryl methyl sites for hydroxylation is 1. The molecule has 0 unspecified atom stereocenters. The molecule has 252 valence electrons. The van der Waals surface area contributed by atoms with Gasteiger partial charge in [-0.05, 0) is 88.1 Å². The Balaban J connectivity index is 1.17. The molecule has 7 aromatic rings. The van der Waals surface area contributed by atoms with Gasteiger partial charge in [0.1, 0.15) is 5.82 Å². The quantitative estimate of drug-likeness (QED) is 0.0487. The van der Waals surface area contributed by atoms with Gasteiger partial charge in [-0.15, -0.1) is 50.5 Å². The molecule has 0 spiro atoms. The number of nitrogens with one attached hydrogen (secondary N) is 3. The summed E-state index contributed by atoms with van der Waals surface area (Å²) in [5.74, 6) is 1.22. The highest BCUT2D eigenvalue weighted by Crippen LogP contribution is 2.39. The molecule has 51 heavy (non-hydrogen) atoms. The summed E-state index contributed by atoms with van der Waals surface area (Å²) in [5, 5.41) is 18.6.